The molecule has 202 valence electrons. The van der Waals surface area contributed by atoms with Gasteiger partial charge in [0.15, 0.2) is 0 Å². The average molecular weight is 598 g/mol. The number of hydrogen-bond acceptors (Lipinski definition) is 6. The third-order valence-electron chi connectivity index (χ3n) is 7.59. The van der Waals surface area contributed by atoms with E-state index in [0.717, 1.165) is 0 Å². The molecule has 10 heteroatoms. The molecule has 3 fully saturated rings. The number of fused-ring (bicyclic) bond motifs is 1. The van der Waals surface area contributed by atoms with Crippen molar-refractivity contribution in [3.63, 3.8) is 0 Å². The second-order valence-electron chi connectivity index (χ2n) is 10.3. The van der Waals surface area contributed by atoms with Crippen LogP contribution in [0, 0.1) is 17.8 Å². The molecule has 1 aromatic rings. The lowest BCUT2D eigenvalue weighted by molar-refractivity contribution is -0.155. The van der Waals surface area contributed by atoms with Crippen LogP contribution in [-0.2, 0) is 23.9 Å². The Morgan fingerprint density at radius 3 is 2.70 bits per heavy atom. The van der Waals surface area contributed by atoms with Crippen LogP contribution in [-0.4, -0.2) is 76.2 Å². The van der Waals surface area contributed by atoms with Gasteiger partial charge in [0.25, 0.3) is 5.91 Å². The molecule has 7 atom stereocenters. The maximum Gasteiger partial charge on any atom is 0.312 e. The largest absolute Gasteiger partial charge is 0.466 e. The summed E-state index contributed by atoms with van der Waals surface area (Å²) in [6, 6.07) is 5.28. The number of nitrogens with zero attached hydrogens (tertiary/aromatic N) is 2. The van der Waals surface area contributed by atoms with Crippen LogP contribution in [0.25, 0.3) is 0 Å². The summed E-state index contributed by atoms with van der Waals surface area (Å²) in [6.07, 6.45) is 1.84. The molecular weight excluding hydrogens is 564 g/mol. The zero-order chi connectivity index (χ0) is 27.1. The van der Waals surface area contributed by atoms with E-state index < -0.39 is 47.5 Å². The van der Waals surface area contributed by atoms with Gasteiger partial charge in [-0.25, -0.2) is 0 Å². The first-order valence-electron chi connectivity index (χ1n) is 12.7. The Kier molecular flexibility index (Phi) is 8.38. The highest BCUT2D eigenvalue weighted by molar-refractivity contribution is 9.09. The highest BCUT2D eigenvalue weighted by atomic mass is 79.9. The van der Waals surface area contributed by atoms with Crippen LogP contribution in [0.4, 0.5) is 5.69 Å². The number of carbonyl (C=O) groups excluding carboxylic acids is 3. The Morgan fingerprint density at radius 1 is 1.41 bits per heavy atom. The summed E-state index contributed by atoms with van der Waals surface area (Å²) < 4.78 is 11.9. The van der Waals surface area contributed by atoms with Crippen molar-refractivity contribution in [1.29, 1.82) is 0 Å². The van der Waals surface area contributed by atoms with Crippen LogP contribution >= 0.6 is 27.5 Å². The quantitative estimate of drug-likeness (QED) is 0.252. The zero-order valence-electron chi connectivity index (χ0n) is 21.3. The smallest absolute Gasteiger partial charge is 0.312 e. The maximum atomic E-state index is 14.5. The molecule has 8 nitrogen and oxygen atoms in total. The number of carbonyl (C=O) groups is 3. The summed E-state index contributed by atoms with van der Waals surface area (Å²) in [4.78, 5) is 44.5. The van der Waals surface area contributed by atoms with Crippen LogP contribution in [0.15, 0.2) is 36.9 Å². The third-order valence-corrected chi connectivity index (χ3v) is 8.75. The fourth-order valence-corrected chi connectivity index (χ4v) is 7.50. The van der Waals surface area contributed by atoms with E-state index in [2.05, 4.69) is 22.5 Å². The Labute approximate surface area is 231 Å². The third kappa shape index (κ3) is 4.62. The number of ether oxygens (including phenoxy) is 2. The Balaban J connectivity index is 1.86. The molecular formula is C27H34BrClN2O6. The topological polar surface area (TPSA) is 96.4 Å². The lowest BCUT2D eigenvalue weighted by atomic mass is 9.70. The van der Waals surface area contributed by atoms with Gasteiger partial charge in [0.1, 0.15) is 11.6 Å². The van der Waals surface area contributed by atoms with Gasteiger partial charge < -0.3 is 24.4 Å². The average Bonchev–Trinajstić information content (AvgIpc) is 3.44. The Hall–Kier alpha value is -1.94. The number of benzene rings is 1. The second kappa shape index (κ2) is 11.0. The van der Waals surface area contributed by atoms with Gasteiger partial charge in [0, 0.05) is 11.4 Å². The molecule has 1 spiro atoms. The van der Waals surface area contributed by atoms with Crippen molar-refractivity contribution in [2.24, 2.45) is 17.8 Å². The van der Waals surface area contributed by atoms with E-state index >= 15 is 0 Å². The normalized spacial score (nSPS) is 30.9. The maximum absolute atomic E-state index is 14.5. The second-order valence-corrected chi connectivity index (χ2v) is 11.9. The minimum atomic E-state index is -1.25. The Morgan fingerprint density at radius 2 is 2.11 bits per heavy atom. The van der Waals surface area contributed by atoms with Crippen molar-refractivity contribution in [3.8, 4) is 0 Å². The number of hydrogen-bond donors (Lipinski definition) is 1. The van der Waals surface area contributed by atoms with Gasteiger partial charge in [-0.2, -0.15) is 0 Å². The molecule has 1 aromatic carbocycles. The first kappa shape index (κ1) is 28.1. The minimum Gasteiger partial charge on any atom is -0.466 e. The summed E-state index contributed by atoms with van der Waals surface area (Å²) in [7, 11) is 0. The molecule has 3 aliphatic rings. The van der Waals surface area contributed by atoms with E-state index in [4.69, 9.17) is 21.1 Å². The van der Waals surface area contributed by atoms with Crippen LogP contribution < -0.4 is 4.90 Å². The van der Waals surface area contributed by atoms with E-state index in [0.29, 0.717) is 23.6 Å². The number of para-hydroxylation sites is 1. The standard InChI is InChI=1S/C27H34BrClN2O6/c1-5-11-30(19-10-8-7-9-18(19)29)25(34)23-27-13-17(28)22(37-27)20(26(35)36-6-2)21(27)24(33)31(23)16(14-32)12-15(3)4/h5,7-10,15-17,20-23,32H,1,6,11-14H2,2-4H3/t16-,17?,20-,21+,22-,23-,27+/m1/s1. The highest BCUT2D eigenvalue weighted by Gasteiger charge is 2.77. The summed E-state index contributed by atoms with van der Waals surface area (Å²) in [5.41, 5.74) is -0.772. The number of aliphatic hydroxyl groups excluding tert-OH is 1. The molecule has 3 saturated heterocycles. The summed E-state index contributed by atoms with van der Waals surface area (Å²) in [5.74, 6) is -2.86. The summed E-state index contributed by atoms with van der Waals surface area (Å²) in [5, 5.41) is 10.8. The lowest BCUT2D eigenvalue weighted by Crippen LogP contribution is -2.59. The number of rotatable bonds is 10. The highest BCUT2D eigenvalue weighted by Crippen LogP contribution is 2.61. The minimum absolute atomic E-state index is 0.147. The molecule has 2 amide bonds. The van der Waals surface area contributed by atoms with Crippen molar-refractivity contribution in [2.45, 2.75) is 62.2 Å². The van der Waals surface area contributed by atoms with Gasteiger partial charge in [-0.05, 0) is 37.8 Å². The van der Waals surface area contributed by atoms with E-state index in [-0.39, 0.29) is 36.4 Å². The molecule has 0 aliphatic carbocycles. The van der Waals surface area contributed by atoms with Gasteiger partial charge in [0.05, 0.1) is 47.9 Å². The predicted molar refractivity (Wildman–Crippen MR) is 144 cm³/mol. The van der Waals surface area contributed by atoms with E-state index in [1.807, 2.05) is 13.8 Å². The molecule has 1 N–H and O–H groups in total. The van der Waals surface area contributed by atoms with Gasteiger partial charge in [0.2, 0.25) is 5.91 Å². The van der Waals surface area contributed by atoms with Gasteiger partial charge in [-0.3, -0.25) is 14.4 Å². The van der Waals surface area contributed by atoms with Crippen molar-refractivity contribution in [1.82, 2.24) is 4.90 Å². The van der Waals surface area contributed by atoms with E-state index in [1.165, 1.54) is 9.80 Å². The van der Waals surface area contributed by atoms with Gasteiger partial charge >= 0.3 is 5.97 Å². The molecule has 2 bridgehead atoms. The fraction of sp³-hybridized carbons (Fsp3) is 0.593. The van der Waals surface area contributed by atoms with Crippen molar-refractivity contribution in [2.75, 3.05) is 24.7 Å². The van der Waals surface area contributed by atoms with E-state index in [9.17, 15) is 19.5 Å². The van der Waals surface area contributed by atoms with Crippen molar-refractivity contribution in [3.05, 3.63) is 41.9 Å². The van der Waals surface area contributed by atoms with Gasteiger partial charge in [-0.15, -0.1) is 6.58 Å². The number of likely N-dealkylation sites (tertiary alicyclic amines) is 1. The Bertz CT molecular complexity index is 1070. The van der Waals surface area contributed by atoms with E-state index in [1.54, 1.807) is 37.3 Å². The summed E-state index contributed by atoms with van der Waals surface area (Å²) >= 11 is 10.1. The molecule has 4 rings (SSSR count). The number of halogens is 2. The first-order valence-corrected chi connectivity index (χ1v) is 14.0. The molecule has 0 radical (unpaired) electrons. The SMILES string of the molecule is C=CCN(C(=O)[C@H]1N([C@@H](CO)CC(C)C)C(=O)[C@@H]2[C@@H](C(=O)OCC)[C@@H]3O[C@@]21CC3Br)c1ccccc1Cl. The van der Waals surface area contributed by atoms with Crippen LogP contribution in [0.2, 0.25) is 5.02 Å². The first-order chi connectivity index (χ1) is 17.6. The zero-order valence-corrected chi connectivity index (χ0v) is 23.7. The number of amides is 2. The molecule has 37 heavy (non-hydrogen) atoms. The van der Waals surface area contributed by atoms with Crippen LogP contribution in [0.5, 0.6) is 0 Å². The monoisotopic (exact) mass is 596 g/mol. The molecule has 0 aromatic heterocycles. The molecule has 0 saturated carbocycles. The predicted octanol–water partition coefficient (Wildman–Crippen LogP) is 3.58. The number of alkyl halides is 1. The van der Waals surface area contributed by atoms with Crippen LogP contribution in [0.3, 0.4) is 0 Å². The summed E-state index contributed by atoms with van der Waals surface area (Å²) in [6.45, 7) is 9.50. The van der Waals surface area contributed by atoms with Crippen molar-refractivity contribution >= 4 is 51.0 Å². The van der Waals surface area contributed by atoms with Crippen molar-refractivity contribution < 1.29 is 29.0 Å². The fourth-order valence-electron chi connectivity index (χ4n) is 6.32. The number of aliphatic hydroxyl groups is 1. The number of esters is 1. The lowest BCUT2D eigenvalue weighted by Gasteiger charge is -2.40. The van der Waals surface area contributed by atoms with Gasteiger partial charge in [-0.1, -0.05) is 59.6 Å². The molecule has 3 aliphatic heterocycles. The molecule has 1 unspecified atom stereocenters. The molecule has 3 heterocycles. The van der Waals surface area contributed by atoms with Crippen LogP contribution in [0.1, 0.15) is 33.6 Å². The number of anilines is 1.